The van der Waals surface area contributed by atoms with E-state index in [-0.39, 0.29) is 0 Å². The van der Waals surface area contributed by atoms with Gasteiger partial charge in [0.2, 0.25) is 0 Å². The van der Waals surface area contributed by atoms with Crippen molar-refractivity contribution < 1.29 is 0 Å². The van der Waals surface area contributed by atoms with E-state index >= 15 is 0 Å². The highest BCUT2D eigenvalue weighted by molar-refractivity contribution is 6.43. The second kappa shape index (κ2) is 4.88. The highest BCUT2D eigenvalue weighted by Gasteiger charge is 2.06. The van der Waals surface area contributed by atoms with Crippen LogP contribution < -0.4 is 5.73 Å². The Morgan fingerprint density at radius 3 is 2.50 bits per heavy atom. The lowest BCUT2D eigenvalue weighted by Gasteiger charge is -2.07. The molecule has 0 atom stereocenters. The smallest absolute Gasteiger partial charge is 0.0670 e. The van der Waals surface area contributed by atoms with Crippen molar-refractivity contribution >= 4 is 23.2 Å². The number of hydrogen-bond donors (Lipinski definition) is 1. The maximum absolute atomic E-state index is 6.16. The van der Waals surface area contributed by atoms with Crippen LogP contribution in [0.15, 0.2) is 42.5 Å². The minimum atomic E-state index is 0.520. The minimum Gasteiger partial charge on any atom is -0.326 e. The molecule has 2 aromatic carbocycles. The van der Waals surface area contributed by atoms with Crippen molar-refractivity contribution in [1.82, 2.24) is 0 Å². The van der Waals surface area contributed by atoms with E-state index in [4.69, 9.17) is 28.9 Å². The lowest BCUT2D eigenvalue weighted by Crippen LogP contribution is -1.95. The summed E-state index contributed by atoms with van der Waals surface area (Å²) >= 11 is 12.1. The summed E-state index contributed by atoms with van der Waals surface area (Å²) in [6, 6.07) is 13.6. The Hall–Kier alpha value is -1.02. The Balaban J connectivity index is 2.54. The van der Waals surface area contributed by atoms with Crippen LogP contribution in [0.3, 0.4) is 0 Å². The van der Waals surface area contributed by atoms with Gasteiger partial charge >= 0.3 is 0 Å². The molecule has 0 amide bonds. The normalized spacial score (nSPS) is 10.4. The van der Waals surface area contributed by atoms with Gasteiger partial charge < -0.3 is 5.73 Å². The van der Waals surface area contributed by atoms with E-state index in [0.717, 1.165) is 16.7 Å². The molecule has 0 bridgehead atoms. The van der Waals surface area contributed by atoms with Gasteiger partial charge in [-0.05, 0) is 23.3 Å². The fraction of sp³-hybridized carbons (Fsp3) is 0.0769. The van der Waals surface area contributed by atoms with E-state index in [0.29, 0.717) is 16.6 Å². The zero-order chi connectivity index (χ0) is 11.5. The van der Waals surface area contributed by atoms with E-state index in [1.165, 1.54) is 0 Å². The highest BCUT2D eigenvalue weighted by atomic mass is 35.5. The molecule has 2 rings (SSSR count). The maximum Gasteiger partial charge on any atom is 0.0670 e. The SMILES string of the molecule is NCc1cccc(-c2cccc(Cl)c2Cl)c1. The third kappa shape index (κ3) is 2.22. The van der Waals surface area contributed by atoms with Crippen molar-refractivity contribution in [3.8, 4) is 11.1 Å². The van der Waals surface area contributed by atoms with Gasteiger partial charge in [0.05, 0.1) is 10.0 Å². The summed E-state index contributed by atoms with van der Waals surface area (Å²) in [6.07, 6.45) is 0. The Morgan fingerprint density at radius 1 is 1.00 bits per heavy atom. The first kappa shape index (κ1) is 11.5. The maximum atomic E-state index is 6.16. The van der Waals surface area contributed by atoms with Gasteiger partial charge in [-0.2, -0.15) is 0 Å². The average Bonchev–Trinajstić information content (AvgIpc) is 2.33. The summed E-state index contributed by atoms with van der Waals surface area (Å²) in [6.45, 7) is 0.520. The molecule has 0 aliphatic carbocycles. The Morgan fingerprint density at radius 2 is 1.75 bits per heavy atom. The van der Waals surface area contributed by atoms with Crippen LogP contribution in [0, 0.1) is 0 Å². The zero-order valence-electron chi connectivity index (χ0n) is 8.58. The minimum absolute atomic E-state index is 0.520. The van der Waals surface area contributed by atoms with E-state index in [1.54, 1.807) is 6.07 Å². The molecule has 0 aliphatic rings. The largest absolute Gasteiger partial charge is 0.326 e. The monoisotopic (exact) mass is 251 g/mol. The molecule has 0 saturated heterocycles. The summed E-state index contributed by atoms with van der Waals surface area (Å²) < 4.78 is 0. The lowest BCUT2D eigenvalue weighted by molar-refractivity contribution is 1.07. The quantitative estimate of drug-likeness (QED) is 0.854. The zero-order valence-corrected chi connectivity index (χ0v) is 10.1. The van der Waals surface area contributed by atoms with Gasteiger partial charge in [0, 0.05) is 12.1 Å². The van der Waals surface area contributed by atoms with Crippen LogP contribution in [0.25, 0.3) is 11.1 Å². The number of halogens is 2. The van der Waals surface area contributed by atoms with Gasteiger partial charge in [-0.15, -0.1) is 0 Å². The van der Waals surface area contributed by atoms with Crippen molar-refractivity contribution in [2.75, 3.05) is 0 Å². The van der Waals surface area contributed by atoms with Crippen LogP contribution in [-0.2, 0) is 6.54 Å². The fourth-order valence-electron chi connectivity index (χ4n) is 1.59. The van der Waals surface area contributed by atoms with E-state index in [9.17, 15) is 0 Å². The molecule has 1 nitrogen and oxygen atoms in total. The van der Waals surface area contributed by atoms with Gasteiger partial charge in [-0.3, -0.25) is 0 Å². The van der Waals surface area contributed by atoms with Crippen LogP contribution in [0.5, 0.6) is 0 Å². The number of hydrogen-bond acceptors (Lipinski definition) is 1. The second-order valence-corrected chi connectivity index (χ2v) is 4.29. The van der Waals surface area contributed by atoms with Crippen LogP contribution in [0.2, 0.25) is 10.0 Å². The van der Waals surface area contributed by atoms with Gasteiger partial charge in [0.25, 0.3) is 0 Å². The second-order valence-electron chi connectivity index (χ2n) is 3.51. The first-order valence-corrected chi connectivity index (χ1v) is 5.71. The van der Waals surface area contributed by atoms with Crippen LogP contribution in [-0.4, -0.2) is 0 Å². The van der Waals surface area contributed by atoms with Crippen molar-refractivity contribution in [3.63, 3.8) is 0 Å². The molecule has 0 radical (unpaired) electrons. The van der Waals surface area contributed by atoms with Crippen LogP contribution in [0.1, 0.15) is 5.56 Å². The molecule has 0 aromatic heterocycles. The predicted octanol–water partition coefficient (Wildman–Crippen LogP) is 4.12. The summed E-state index contributed by atoms with van der Waals surface area (Å²) in [5.41, 5.74) is 8.66. The third-order valence-electron chi connectivity index (χ3n) is 2.43. The Bertz CT molecular complexity index is 509. The number of rotatable bonds is 2. The molecule has 0 unspecified atom stereocenters. The predicted molar refractivity (Wildman–Crippen MR) is 69.8 cm³/mol. The van der Waals surface area contributed by atoms with E-state index in [2.05, 4.69) is 0 Å². The Labute approximate surface area is 105 Å². The molecule has 16 heavy (non-hydrogen) atoms. The summed E-state index contributed by atoms with van der Waals surface area (Å²) in [7, 11) is 0. The van der Waals surface area contributed by atoms with Crippen molar-refractivity contribution in [2.45, 2.75) is 6.54 Å². The van der Waals surface area contributed by atoms with Gasteiger partial charge in [-0.1, -0.05) is 53.5 Å². The number of nitrogens with two attached hydrogens (primary N) is 1. The molecular weight excluding hydrogens is 241 g/mol. The van der Waals surface area contributed by atoms with Crippen LogP contribution >= 0.6 is 23.2 Å². The first-order valence-electron chi connectivity index (χ1n) is 4.96. The summed E-state index contributed by atoms with van der Waals surface area (Å²) in [5, 5.41) is 1.15. The van der Waals surface area contributed by atoms with Crippen LogP contribution in [0.4, 0.5) is 0 Å². The average molecular weight is 252 g/mol. The molecule has 0 saturated carbocycles. The fourth-order valence-corrected chi connectivity index (χ4v) is 2.00. The standard InChI is InChI=1S/C13H11Cl2N/c14-12-6-2-5-11(13(12)15)10-4-1-3-9(7-10)8-16/h1-7H,8,16H2. The molecule has 2 aromatic rings. The first-order chi connectivity index (χ1) is 7.72. The third-order valence-corrected chi connectivity index (χ3v) is 3.24. The highest BCUT2D eigenvalue weighted by Crippen LogP contribution is 2.33. The van der Waals surface area contributed by atoms with Gasteiger partial charge in [-0.25, -0.2) is 0 Å². The molecule has 0 aliphatic heterocycles. The molecule has 0 heterocycles. The lowest BCUT2D eigenvalue weighted by atomic mass is 10.0. The van der Waals surface area contributed by atoms with Gasteiger partial charge in [0.1, 0.15) is 0 Å². The molecular formula is C13H11Cl2N. The Kier molecular flexibility index (Phi) is 3.49. The summed E-state index contributed by atoms with van der Waals surface area (Å²) in [5.74, 6) is 0. The molecule has 2 N–H and O–H groups in total. The topological polar surface area (TPSA) is 26.0 Å². The van der Waals surface area contributed by atoms with Crippen molar-refractivity contribution in [1.29, 1.82) is 0 Å². The van der Waals surface area contributed by atoms with E-state index in [1.807, 2.05) is 36.4 Å². The van der Waals surface area contributed by atoms with E-state index < -0.39 is 0 Å². The van der Waals surface area contributed by atoms with Crippen molar-refractivity contribution in [3.05, 3.63) is 58.1 Å². The van der Waals surface area contributed by atoms with Crippen molar-refractivity contribution in [2.24, 2.45) is 5.73 Å². The van der Waals surface area contributed by atoms with Gasteiger partial charge in [0.15, 0.2) is 0 Å². The molecule has 0 fully saturated rings. The molecule has 82 valence electrons. The molecule has 0 spiro atoms. The number of benzene rings is 2. The molecule has 3 heteroatoms. The summed E-state index contributed by atoms with van der Waals surface area (Å²) in [4.78, 5) is 0.